The van der Waals surface area contributed by atoms with Gasteiger partial charge in [0.15, 0.2) is 0 Å². The first-order valence-electron chi connectivity index (χ1n) is 35.4. The normalized spacial score (nSPS) is 21.7. The van der Waals surface area contributed by atoms with Gasteiger partial charge in [-0.15, -0.1) is 0 Å². The predicted octanol–water partition coefficient (Wildman–Crippen LogP) is 22.7. The molecule has 0 fully saturated rings. The molecule has 474 valence electrons. The molecule has 14 rings (SSSR count). The maximum atomic E-state index is 6.43. The first-order chi connectivity index (χ1) is 46.0. The van der Waals surface area contributed by atoms with Crippen molar-refractivity contribution in [3.05, 3.63) is 315 Å². The molecule has 3 nitrogen and oxygen atoms in total. The van der Waals surface area contributed by atoms with Crippen LogP contribution in [0.5, 0.6) is 5.75 Å². The smallest absolute Gasteiger partial charge is 0.119 e. The number of ether oxygens (including phenoxy) is 1. The summed E-state index contributed by atoms with van der Waals surface area (Å²) in [4.78, 5) is 2.78. The zero-order chi connectivity index (χ0) is 64.3. The molecule has 6 unspecified atom stereocenters. The number of benzene rings is 6. The van der Waals surface area contributed by atoms with Crippen LogP contribution in [0.15, 0.2) is 271 Å². The van der Waals surface area contributed by atoms with Gasteiger partial charge in [-0.1, -0.05) is 260 Å². The van der Waals surface area contributed by atoms with Crippen molar-refractivity contribution in [2.24, 2.45) is 11.3 Å². The van der Waals surface area contributed by atoms with E-state index in [1.54, 1.807) is 16.7 Å². The molecule has 6 aromatic carbocycles. The Kier molecular flexibility index (Phi) is 18.1. The third kappa shape index (κ3) is 12.4. The SMILES string of the molecule is C=CC1=CCC(c2ccc(-n3c4c(c5cc(C6CC=C(N(c7ccc(-c8ccc(C(C)(C)C)cc8)cc7)C7C=C8C(=CC7)C7=C(CCC=C7)C8(CCCCC(CC)COc7ccc(C=C)cc7)C7=CC=CCC7)CC6)ccc53)=CC(c3ccc(C=C)cc3)CC=4)cc2)C=C1. The number of fused-ring (bicyclic) bond motifs is 5. The molecule has 0 radical (unpaired) electrons. The summed E-state index contributed by atoms with van der Waals surface area (Å²) in [5, 5.41) is 4.00. The van der Waals surface area contributed by atoms with Gasteiger partial charge in [0.05, 0.1) is 18.2 Å². The van der Waals surface area contributed by atoms with Crippen LogP contribution >= 0.6 is 0 Å². The minimum Gasteiger partial charge on any atom is -0.493 e. The zero-order valence-electron chi connectivity index (χ0n) is 56.1. The summed E-state index contributed by atoms with van der Waals surface area (Å²) in [6.07, 6.45) is 54.3. The lowest BCUT2D eigenvalue weighted by atomic mass is 9.63. The number of hydrogen-bond donors (Lipinski definition) is 0. The van der Waals surface area contributed by atoms with Crippen molar-refractivity contribution in [2.45, 2.75) is 153 Å². The van der Waals surface area contributed by atoms with Gasteiger partial charge in [0, 0.05) is 50.3 Å². The van der Waals surface area contributed by atoms with Gasteiger partial charge < -0.3 is 14.2 Å². The summed E-state index contributed by atoms with van der Waals surface area (Å²) < 4.78 is 8.96. The van der Waals surface area contributed by atoms with Crippen LogP contribution in [0, 0.1) is 11.3 Å². The zero-order valence-corrected chi connectivity index (χ0v) is 56.1. The fourth-order valence-corrected chi connectivity index (χ4v) is 16.6. The monoisotopic (exact) mass is 1230 g/mol. The largest absolute Gasteiger partial charge is 0.493 e. The highest BCUT2D eigenvalue weighted by molar-refractivity contribution is 5.86. The van der Waals surface area contributed by atoms with E-state index in [1.807, 2.05) is 18.2 Å². The average molecular weight is 1230 g/mol. The summed E-state index contributed by atoms with van der Waals surface area (Å²) in [6.45, 7) is 22.0. The van der Waals surface area contributed by atoms with Crippen molar-refractivity contribution in [1.29, 1.82) is 0 Å². The third-order valence-corrected chi connectivity index (χ3v) is 22.1. The average Bonchev–Trinajstić information content (AvgIpc) is 1.52. The molecule has 1 heterocycles. The molecule has 94 heavy (non-hydrogen) atoms. The van der Waals surface area contributed by atoms with E-state index >= 15 is 0 Å². The van der Waals surface area contributed by atoms with E-state index in [9.17, 15) is 0 Å². The fraction of sp³-hybridized carbons (Fsp3) is 0.297. The summed E-state index contributed by atoms with van der Waals surface area (Å²) in [6, 6.07) is 53.3. The molecule has 0 bridgehead atoms. The molecule has 0 spiro atoms. The Morgan fingerprint density at radius 2 is 1.38 bits per heavy atom. The summed E-state index contributed by atoms with van der Waals surface area (Å²) in [5.41, 5.74) is 24.6. The van der Waals surface area contributed by atoms with Gasteiger partial charge in [0.1, 0.15) is 5.75 Å². The van der Waals surface area contributed by atoms with E-state index in [4.69, 9.17) is 4.74 Å². The van der Waals surface area contributed by atoms with E-state index in [0.29, 0.717) is 17.8 Å². The van der Waals surface area contributed by atoms with Crippen molar-refractivity contribution < 1.29 is 4.74 Å². The second-order valence-corrected chi connectivity index (χ2v) is 28.6. The van der Waals surface area contributed by atoms with E-state index in [2.05, 4.69) is 275 Å². The molecule has 7 aliphatic carbocycles. The molecule has 0 saturated carbocycles. The number of hydrogen-bond acceptors (Lipinski definition) is 2. The molecule has 6 atom stereocenters. The Balaban J connectivity index is 0.801. The van der Waals surface area contributed by atoms with Crippen molar-refractivity contribution >= 4 is 40.9 Å². The highest BCUT2D eigenvalue weighted by Crippen LogP contribution is 2.62. The molecular formula is C91H94N2O. The van der Waals surface area contributed by atoms with Crippen molar-refractivity contribution in [1.82, 2.24) is 4.57 Å². The molecule has 0 saturated heterocycles. The minimum atomic E-state index is -0.118. The lowest BCUT2D eigenvalue weighted by Gasteiger charge is -2.42. The molecule has 7 aromatic rings. The molecule has 1 aromatic heterocycles. The van der Waals surface area contributed by atoms with Gasteiger partial charge in [-0.2, -0.15) is 0 Å². The van der Waals surface area contributed by atoms with Crippen LogP contribution < -0.4 is 20.2 Å². The van der Waals surface area contributed by atoms with Crippen LogP contribution in [0.2, 0.25) is 0 Å². The van der Waals surface area contributed by atoms with Crippen molar-refractivity contribution in [2.75, 3.05) is 11.5 Å². The van der Waals surface area contributed by atoms with Gasteiger partial charge >= 0.3 is 0 Å². The summed E-state index contributed by atoms with van der Waals surface area (Å²) in [7, 11) is 0. The van der Waals surface area contributed by atoms with Gasteiger partial charge in [-0.25, -0.2) is 0 Å². The van der Waals surface area contributed by atoms with Crippen molar-refractivity contribution in [3.8, 4) is 22.6 Å². The molecule has 3 heteroatoms. The van der Waals surface area contributed by atoms with Crippen LogP contribution in [0.3, 0.4) is 0 Å². The highest BCUT2D eigenvalue weighted by Gasteiger charge is 2.50. The van der Waals surface area contributed by atoms with Crippen LogP contribution in [0.4, 0.5) is 5.69 Å². The number of unbranched alkanes of at least 4 members (excludes halogenated alkanes) is 1. The fourth-order valence-electron chi connectivity index (χ4n) is 16.6. The van der Waals surface area contributed by atoms with E-state index in [-0.39, 0.29) is 22.8 Å². The molecule has 0 N–H and O–H groups in total. The Hall–Kier alpha value is -8.92. The van der Waals surface area contributed by atoms with Gasteiger partial charge in [0.25, 0.3) is 0 Å². The van der Waals surface area contributed by atoms with E-state index in [1.165, 1.54) is 108 Å². The van der Waals surface area contributed by atoms with E-state index in [0.717, 1.165) is 101 Å². The molecule has 7 aliphatic rings. The Morgan fingerprint density at radius 3 is 2.06 bits per heavy atom. The number of anilines is 1. The predicted molar refractivity (Wildman–Crippen MR) is 401 cm³/mol. The van der Waals surface area contributed by atoms with Crippen molar-refractivity contribution in [3.63, 3.8) is 0 Å². The molecular weight excluding hydrogens is 1140 g/mol. The highest BCUT2D eigenvalue weighted by atomic mass is 16.5. The third-order valence-electron chi connectivity index (χ3n) is 22.1. The Morgan fingerprint density at radius 1 is 0.670 bits per heavy atom. The quantitative estimate of drug-likeness (QED) is 0.0667. The van der Waals surface area contributed by atoms with Crippen LogP contribution in [0.25, 0.3) is 52.0 Å². The minimum absolute atomic E-state index is 0.103. The summed E-state index contributed by atoms with van der Waals surface area (Å²) >= 11 is 0. The Bertz CT molecular complexity index is 4440. The lowest BCUT2D eigenvalue weighted by molar-refractivity contribution is 0.231. The number of nitrogens with zero attached hydrogens (tertiary/aromatic N) is 2. The van der Waals surface area contributed by atoms with Crippen LogP contribution in [-0.4, -0.2) is 17.2 Å². The van der Waals surface area contributed by atoms with Crippen LogP contribution in [-0.2, 0) is 5.41 Å². The lowest BCUT2D eigenvalue weighted by Crippen LogP contribution is -2.37. The molecule has 0 amide bonds. The number of aromatic nitrogens is 1. The van der Waals surface area contributed by atoms with Crippen LogP contribution in [0.1, 0.15) is 175 Å². The van der Waals surface area contributed by atoms with E-state index < -0.39 is 0 Å². The first kappa shape index (κ1) is 62.5. The van der Waals surface area contributed by atoms with Gasteiger partial charge in [0.2, 0.25) is 0 Å². The maximum Gasteiger partial charge on any atom is 0.119 e. The maximum absolute atomic E-state index is 6.43. The second kappa shape index (κ2) is 27.2. The summed E-state index contributed by atoms with van der Waals surface area (Å²) in [5.74, 6) is 2.51. The molecule has 0 aliphatic heterocycles. The standard InChI is InChI=1S/C91H94N2O/c1-8-63-24-30-67(31-25-63)69-38-50-79(51-39-69)93-88-56-42-73(71-32-26-64(9-2)27-33-71)59-84(88)85-60-74(43-57-89(85)93)72-40-48-78(49-41-72)92(77-46-36-70(37-47-77)68-34-44-75(45-35-68)90(5,6)7)80-52-55-83-82-22-15-16-23-86(82)91(87(83)61-80,76-20-13-12-14-21-76)58-18-17-19-66(11-4)62-94-81-53-28-65(10-3)29-54-81/h8-10,12-13,15,20,22,24-30,32-39,43-48,50-51,53-57,59-61,66-67,72-73,80H,1-3,11,14,16-19,21,23,31,40-42,49,52,58,62H2,4-7H3. The topological polar surface area (TPSA) is 17.4 Å². The second-order valence-electron chi connectivity index (χ2n) is 28.6. The number of allylic oxidation sites excluding steroid dienone is 17. The first-order valence-corrected chi connectivity index (χ1v) is 35.4. The Labute approximate surface area is 560 Å². The number of rotatable bonds is 21. The van der Waals surface area contributed by atoms with Gasteiger partial charge in [-0.3, -0.25) is 0 Å². The van der Waals surface area contributed by atoms with Gasteiger partial charge in [-0.05, 0) is 215 Å².